The van der Waals surface area contributed by atoms with Crippen molar-refractivity contribution in [2.24, 2.45) is 9.98 Å². The number of hydrogen-bond acceptors (Lipinski definition) is 4. The quantitative estimate of drug-likeness (QED) is 0.202. The Balaban J connectivity index is 1.22. The summed E-state index contributed by atoms with van der Waals surface area (Å²) in [7, 11) is 0. The van der Waals surface area contributed by atoms with Gasteiger partial charge in [0.15, 0.2) is 5.84 Å². The molecule has 7 nitrogen and oxygen atoms in total. The minimum absolute atomic E-state index is 0.529. The van der Waals surface area contributed by atoms with Crippen LogP contribution < -0.4 is 5.32 Å². The van der Waals surface area contributed by atoms with E-state index in [2.05, 4.69) is 165 Å². The maximum Gasteiger partial charge on any atom is 0.213 e. The Hall–Kier alpha value is -7.43. The zero-order chi connectivity index (χ0) is 35.0. The van der Waals surface area contributed by atoms with E-state index >= 15 is 0 Å². The number of fused-ring (bicyclic) bond motifs is 9. The van der Waals surface area contributed by atoms with E-state index in [0.29, 0.717) is 17.4 Å². The van der Waals surface area contributed by atoms with Crippen LogP contribution in [0.5, 0.6) is 0 Å². The molecule has 11 rings (SSSR count). The molecule has 7 aromatic carbocycles. The van der Waals surface area contributed by atoms with E-state index in [1.165, 1.54) is 10.8 Å². The molecule has 0 spiro atoms. The van der Waals surface area contributed by atoms with Gasteiger partial charge in [0.2, 0.25) is 12.2 Å². The molecule has 0 aliphatic carbocycles. The summed E-state index contributed by atoms with van der Waals surface area (Å²) in [6.45, 7) is 0. The molecule has 0 bridgehead atoms. The Morgan fingerprint density at radius 3 is 1.55 bits per heavy atom. The highest BCUT2D eigenvalue weighted by Gasteiger charge is 2.28. The molecule has 0 saturated carbocycles. The van der Waals surface area contributed by atoms with Crippen LogP contribution in [-0.4, -0.2) is 25.5 Å². The van der Waals surface area contributed by atoms with E-state index in [9.17, 15) is 5.26 Å². The van der Waals surface area contributed by atoms with Crippen LogP contribution in [0.15, 0.2) is 174 Å². The monoisotopic (exact) mass is 679 g/mol. The number of nitrogens with one attached hydrogen (secondary N) is 1. The molecule has 0 fully saturated rings. The first kappa shape index (κ1) is 29.3. The average molecular weight is 680 g/mol. The summed E-state index contributed by atoms with van der Waals surface area (Å²) in [6.07, 6.45) is -0.529. The number of benzene rings is 7. The molecule has 1 N–H and O–H groups in total. The maximum absolute atomic E-state index is 9.92. The van der Waals surface area contributed by atoms with Crippen molar-refractivity contribution in [1.82, 2.24) is 19.0 Å². The number of aromatic nitrogens is 3. The lowest BCUT2D eigenvalue weighted by atomic mass is 10.1. The van der Waals surface area contributed by atoms with Crippen LogP contribution in [0.25, 0.3) is 71.1 Å². The van der Waals surface area contributed by atoms with E-state index in [-0.39, 0.29) is 0 Å². The Bertz CT molecular complexity index is 3130. The smallest absolute Gasteiger partial charge is 0.213 e. The normalized spacial score (nSPS) is 14.6. The summed E-state index contributed by atoms with van der Waals surface area (Å²) >= 11 is 0. The maximum atomic E-state index is 9.92. The SMILES string of the molecule is N#Cc1ccc2c3ccccc3n(-c3ccccc3C3=NC(n4c5ccccc5c5ccccc54)NC(n4c5ccccc5c5ccccc54)=N3)c2c1. The molecule has 7 heteroatoms. The third kappa shape index (κ3) is 4.27. The van der Waals surface area contributed by atoms with Gasteiger partial charge in [0.1, 0.15) is 0 Å². The highest BCUT2D eigenvalue weighted by Crippen LogP contribution is 2.37. The van der Waals surface area contributed by atoms with Gasteiger partial charge in [-0.1, -0.05) is 109 Å². The predicted octanol–water partition coefficient (Wildman–Crippen LogP) is 10.3. The number of para-hydroxylation sites is 6. The highest BCUT2D eigenvalue weighted by molar-refractivity contribution is 6.18. The van der Waals surface area contributed by atoms with Crippen LogP contribution in [-0.2, 0) is 0 Å². The fourth-order valence-corrected chi connectivity index (χ4v) is 8.32. The number of nitrogens with zero attached hydrogens (tertiary/aromatic N) is 6. The van der Waals surface area contributed by atoms with E-state index in [4.69, 9.17) is 9.98 Å². The molecule has 0 saturated heterocycles. The van der Waals surface area contributed by atoms with Crippen molar-refractivity contribution >= 4 is 77.2 Å². The minimum atomic E-state index is -0.529. The van der Waals surface area contributed by atoms with Crippen LogP contribution in [0.1, 0.15) is 17.4 Å². The lowest BCUT2D eigenvalue weighted by Crippen LogP contribution is -2.40. The van der Waals surface area contributed by atoms with E-state index < -0.39 is 6.29 Å². The van der Waals surface area contributed by atoms with Crippen molar-refractivity contribution in [2.45, 2.75) is 6.29 Å². The molecule has 10 aromatic rings. The fourth-order valence-electron chi connectivity index (χ4n) is 8.32. The predicted molar refractivity (Wildman–Crippen MR) is 216 cm³/mol. The summed E-state index contributed by atoms with van der Waals surface area (Å²) < 4.78 is 6.76. The summed E-state index contributed by atoms with van der Waals surface area (Å²) in [5, 5.41) is 20.6. The lowest BCUT2D eigenvalue weighted by Gasteiger charge is -2.27. The summed E-state index contributed by atoms with van der Waals surface area (Å²) in [5.41, 5.74) is 8.70. The molecule has 1 atom stereocenters. The van der Waals surface area contributed by atoms with E-state index in [0.717, 1.165) is 65.9 Å². The van der Waals surface area contributed by atoms with Gasteiger partial charge in [0, 0.05) is 37.9 Å². The topological polar surface area (TPSA) is 75.3 Å². The van der Waals surface area contributed by atoms with Gasteiger partial charge in [-0.05, 0) is 54.6 Å². The van der Waals surface area contributed by atoms with Crippen LogP contribution in [0.3, 0.4) is 0 Å². The van der Waals surface area contributed by atoms with Crippen molar-refractivity contribution < 1.29 is 0 Å². The number of aliphatic imine (C=N–C) groups is 2. The summed E-state index contributed by atoms with van der Waals surface area (Å²) in [6, 6.07) is 59.0. The van der Waals surface area contributed by atoms with Gasteiger partial charge in [-0.2, -0.15) is 10.3 Å². The van der Waals surface area contributed by atoms with Crippen molar-refractivity contribution in [3.8, 4) is 11.8 Å². The van der Waals surface area contributed by atoms with Crippen molar-refractivity contribution in [2.75, 3.05) is 0 Å². The zero-order valence-electron chi connectivity index (χ0n) is 28.3. The first-order valence-corrected chi connectivity index (χ1v) is 17.7. The van der Waals surface area contributed by atoms with Gasteiger partial charge >= 0.3 is 0 Å². The second-order valence-electron chi connectivity index (χ2n) is 13.4. The van der Waals surface area contributed by atoms with Crippen molar-refractivity contribution in [3.63, 3.8) is 0 Å². The van der Waals surface area contributed by atoms with Gasteiger partial charge in [-0.25, -0.2) is 4.99 Å². The fraction of sp³-hybridized carbons (Fsp3) is 0.0217. The van der Waals surface area contributed by atoms with Gasteiger partial charge in [0.05, 0.1) is 50.4 Å². The second kappa shape index (κ2) is 11.3. The molecule has 0 amide bonds. The Morgan fingerprint density at radius 1 is 0.491 bits per heavy atom. The Morgan fingerprint density at radius 2 is 0.962 bits per heavy atom. The Kier molecular flexibility index (Phi) is 6.24. The first-order valence-electron chi connectivity index (χ1n) is 17.7. The number of rotatable bonds is 3. The van der Waals surface area contributed by atoms with Crippen LogP contribution >= 0.6 is 0 Å². The molecule has 53 heavy (non-hydrogen) atoms. The highest BCUT2D eigenvalue weighted by atomic mass is 15.4. The molecule has 4 heterocycles. The van der Waals surface area contributed by atoms with E-state index in [1.54, 1.807) is 0 Å². The number of nitriles is 1. The molecule has 1 unspecified atom stereocenters. The molecular formula is C46H29N7. The largest absolute Gasteiger partial charge is 0.316 e. The summed E-state index contributed by atoms with van der Waals surface area (Å²) in [4.78, 5) is 10.9. The summed E-state index contributed by atoms with van der Waals surface area (Å²) in [5.74, 6) is 1.29. The molecular weight excluding hydrogens is 651 g/mol. The molecule has 0 radical (unpaired) electrons. The zero-order valence-corrected chi connectivity index (χ0v) is 28.3. The molecule has 1 aliphatic rings. The third-order valence-corrected chi connectivity index (χ3v) is 10.6. The lowest BCUT2D eigenvalue weighted by molar-refractivity contribution is 0.509. The van der Waals surface area contributed by atoms with Crippen molar-refractivity contribution in [3.05, 3.63) is 175 Å². The Labute approximate surface area is 303 Å². The minimum Gasteiger partial charge on any atom is -0.316 e. The van der Waals surface area contributed by atoms with Crippen LogP contribution in [0.4, 0.5) is 0 Å². The molecule has 3 aromatic heterocycles. The van der Waals surface area contributed by atoms with Crippen LogP contribution in [0.2, 0.25) is 0 Å². The molecule has 1 aliphatic heterocycles. The van der Waals surface area contributed by atoms with Crippen molar-refractivity contribution in [1.29, 1.82) is 5.26 Å². The number of hydrogen-bond donors (Lipinski definition) is 1. The van der Waals surface area contributed by atoms with Gasteiger partial charge in [-0.3, -0.25) is 4.57 Å². The van der Waals surface area contributed by atoms with Crippen LogP contribution in [0, 0.1) is 11.3 Å². The average Bonchev–Trinajstić information content (AvgIpc) is 3.86. The van der Waals surface area contributed by atoms with Gasteiger partial charge in [0.25, 0.3) is 0 Å². The van der Waals surface area contributed by atoms with E-state index in [1.807, 2.05) is 24.3 Å². The second-order valence-corrected chi connectivity index (χ2v) is 13.4. The van der Waals surface area contributed by atoms with Gasteiger partial charge in [-0.15, -0.1) is 0 Å². The number of amidine groups is 1. The standard InChI is InChI=1S/C46H29N7/c47-28-29-25-26-35-34-17-1-7-19-37(34)51(43(35)27-29)42-24-12-6-18-36(42)44-48-45(52-38-20-8-2-13-30(38)31-14-3-9-21-39(31)52)50-46(49-44)53-40-22-10-4-15-32(40)33-16-5-11-23-41(33)53/h1-27,45H,(H,48,49,50). The molecule has 248 valence electrons. The van der Waals surface area contributed by atoms with Gasteiger partial charge < -0.3 is 14.5 Å². The third-order valence-electron chi connectivity index (χ3n) is 10.6. The first-order chi connectivity index (χ1) is 26.3.